The smallest absolute Gasteiger partial charge is 0.408 e. The van der Waals surface area contributed by atoms with Crippen LogP contribution >= 0.6 is 0 Å². The highest BCUT2D eigenvalue weighted by molar-refractivity contribution is 5.73. The van der Waals surface area contributed by atoms with E-state index in [0.29, 0.717) is 6.42 Å². The molecule has 0 spiro atoms. The van der Waals surface area contributed by atoms with Crippen molar-refractivity contribution in [1.29, 1.82) is 0 Å². The van der Waals surface area contributed by atoms with Gasteiger partial charge in [-0.25, -0.2) is 4.79 Å². The van der Waals surface area contributed by atoms with Crippen molar-refractivity contribution in [3.8, 4) is 5.75 Å². The van der Waals surface area contributed by atoms with Gasteiger partial charge in [0.1, 0.15) is 5.75 Å². The molecule has 2 N–H and O–H groups in total. The van der Waals surface area contributed by atoms with Crippen LogP contribution in [-0.4, -0.2) is 17.2 Å². The summed E-state index contributed by atoms with van der Waals surface area (Å²) in [5.74, 6) is 0.220. The van der Waals surface area contributed by atoms with Crippen LogP contribution in [0.5, 0.6) is 5.75 Å². The normalized spacial score (nSPS) is 18.2. The third kappa shape index (κ3) is 2.80. The van der Waals surface area contributed by atoms with E-state index in [9.17, 15) is 9.90 Å². The molecule has 0 aromatic heterocycles. The van der Waals surface area contributed by atoms with Gasteiger partial charge in [0.25, 0.3) is 0 Å². The number of benzene rings is 3. The van der Waals surface area contributed by atoms with Crippen molar-refractivity contribution in [2.75, 3.05) is 0 Å². The first-order chi connectivity index (χ1) is 12.7. The second-order valence-electron chi connectivity index (χ2n) is 6.42. The van der Waals surface area contributed by atoms with Crippen LogP contribution in [0.3, 0.4) is 0 Å². The number of phenols is 1. The van der Waals surface area contributed by atoms with E-state index in [-0.39, 0.29) is 11.8 Å². The monoisotopic (exact) mass is 345 g/mol. The van der Waals surface area contributed by atoms with E-state index in [4.69, 9.17) is 4.74 Å². The van der Waals surface area contributed by atoms with E-state index in [1.807, 2.05) is 72.8 Å². The van der Waals surface area contributed by atoms with Gasteiger partial charge in [0.15, 0.2) is 5.60 Å². The summed E-state index contributed by atoms with van der Waals surface area (Å²) in [6.45, 7) is 0. The molecule has 4 rings (SSSR count). The fourth-order valence-electron chi connectivity index (χ4n) is 3.61. The minimum absolute atomic E-state index is 0.220. The lowest BCUT2D eigenvalue weighted by Crippen LogP contribution is -2.43. The van der Waals surface area contributed by atoms with Crippen molar-refractivity contribution in [1.82, 2.24) is 5.32 Å². The average Bonchev–Trinajstić information content (AvgIpc) is 3.02. The Bertz CT molecular complexity index is 852. The third-order valence-electron chi connectivity index (χ3n) is 4.82. The van der Waals surface area contributed by atoms with Gasteiger partial charge in [0.05, 0.1) is 6.04 Å². The minimum atomic E-state index is -0.905. The van der Waals surface area contributed by atoms with Crippen LogP contribution in [0.4, 0.5) is 4.79 Å². The number of amides is 1. The number of ether oxygens (including phenoxy) is 1. The lowest BCUT2D eigenvalue weighted by Gasteiger charge is -2.33. The zero-order chi connectivity index (χ0) is 18.0. The predicted octanol–water partition coefficient (Wildman–Crippen LogP) is 3.99. The van der Waals surface area contributed by atoms with E-state index in [1.54, 1.807) is 12.1 Å². The zero-order valence-electron chi connectivity index (χ0n) is 14.1. The summed E-state index contributed by atoms with van der Waals surface area (Å²) in [4.78, 5) is 12.3. The molecule has 26 heavy (non-hydrogen) atoms. The maximum atomic E-state index is 12.3. The van der Waals surface area contributed by atoms with Gasteiger partial charge < -0.3 is 15.2 Å². The molecule has 0 unspecified atom stereocenters. The van der Waals surface area contributed by atoms with Crippen LogP contribution in [0.1, 0.15) is 16.7 Å². The van der Waals surface area contributed by atoms with Crippen molar-refractivity contribution in [3.63, 3.8) is 0 Å². The van der Waals surface area contributed by atoms with Crippen LogP contribution in [-0.2, 0) is 16.8 Å². The molecule has 3 aromatic rings. The number of hydrogen-bond acceptors (Lipinski definition) is 3. The molecule has 1 saturated heterocycles. The Hall–Kier alpha value is -3.27. The Kier molecular flexibility index (Phi) is 4.09. The Balaban J connectivity index is 1.82. The number of hydrogen-bond donors (Lipinski definition) is 2. The molecule has 1 amide bonds. The molecule has 1 fully saturated rings. The standard InChI is InChI=1S/C22H19NO3/c24-19-13-11-16(12-14-19)15-20-22(26-21(25)23-20,17-7-3-1-4-8-17)18-9-5-2-6-10-18/h1-14,20,24H,15H2,(H,23,25)/t20-/m0/s1. The zero-order valence-corrected chi connectivity index (χ0v) is 14.1. The van der Waals surface area contributed by atoms with Gasteiger partial charge in [0.2, 0.25) is 0 Å². The second kappa shape index (κ2) is 6.56. The summed E-state index contributed by atoms with van der Waals surface area (Å²) >= 11 is 0. The second-order valence-corrected chi connectivity index (χ2v) is 6.42. The van der Waals surface area contributed by atoms with Gasteiger partial charge in [-0.05, 0) is 24.1 Å². The molecule has 4 heteroatoms. The number of cyclic esters (lactones) is 1. The molecule has 1 heterocycles. The van der Waals surface area contributed by atoms with E-state index in [0.717, 1.165) is 16.7 Å². The van der Waals surface area contributed by atoms with Gasteiger partial charge in [-0.2, -0.15) is 0 Å². The molecule has 1 atom stereocenters. The fraction of sp³-hybridized carbons (Fsp3) is 0.136. The molecular weight excluding hydrogens is 326 g/mol. The molecule has 0 saturated carbocycles. The Morgan fingerprint density at radius 3 is 1.92 bits per heavy atom. The average molecular weight is 345 g/mol. The summed E-state index contributed by atoms with van der Waals surface area (Å²) in [5.41, 5.74) is 1.95. The van der Waals surface area contributed by atoms with Crippen molar-refractivity contribution >= 4 is 6.09 Å². The van der Waals surface area contributed by atoms with Crippen LogP contribution in [0.2, 0.25) is 0 Å². The highest BCUT2D eigenvalue weighted by atomic mass is 16.6. The predicted molar refractivity (Wildman–Crippen MR) is 98.9 cm³/mol. The Morgan fingerprint density at radius 1 is 0.846 bits per heavy atom. The number of alkyl carbamates (subject to hydrolysis) is 1. The van der Waals surface area contributed by atoms with E-state index < -0.39 is 11.7 Å². The van der Waals surface area contributed by atoms with Crippen LogP contribution in [0.15, 0.2) is 84.9 Å². The fourth-order valence-corrected chi connectivity index (χ4v) is 3.61. The summed E-state index contributed by atoms with van der Waals surface area (Å²) in [7, 11) is 0. The summed E-state index contributed by atoms with van der Waals surface area (Å²) in [6, 6.07) is 26.4. The molecule has 3 aromatic carbocycles. The highest BCUT2D eigenvalue weighted by Gasteiger charge is 2.51. The third-order valence-corrected chi connectivity index (χ3v) is 4.82. The lowest BCUT2D eigenvalue weighted by molar-refractivity contribution is 0.0683. The number of aromatic hydroxyl groups is 1. The molecule has 0 radical (unpaired) electrons. The maximum Gasteiger partial charge on any atom is 0.408 e. The number of nitrogens with one attached hydrogen (secondary N) is 1. The van der Waals surface area contributed by atoms with Gasteiger partial charge >= 0.3 is 6.09 Å². The summed E-state index contributed by atoms with van der Waals surface area (Å²) in [5, 5.41) is 12.5. The number of carbonyl (C=O) groups is 1. The van der Waals surface area contributed by atoms with Gasteiger partial charge in [0, 0.05) is 11.1 Å². The first-order valence-electron chi connectivity index (χ1n) is 8.57. The van der Waals surface area contributed by atoms with Crippen LogP contribution in [0.25, 0.3) is 0 Å². The quantitative estimate of drug-likeness (QED) is 0.752. The highest BCUT2D eigenvalue weighted by Crippen LogP contribution is 2.41. The largest absolute Gasteiger partial charge is 0.508 e. The van der Waals surface area contributed by atoms with Crippen molar-refractivity contribution in [2.45, 2.75) is 18.1 Å². The summed E-state index contributed by atoms with van der Waals surface area (Å²) < 4.78 is 5.93. The minimum Gasteiger partial charge on any atom is -0.508 e. The molecule has 0 aliphatic carbocycles. The molecule has 0 bridgehead atoms. The first kappa shape index (κ1) is 16.2. The van der Waals surface area contributed by atoms with Gasteiger partial charge in [-0.1, -0.05) is 72.8 Å². The van der Waals surface area contributed by atoms with Crippen molar-refractivity contribution < 1.29 is 14.6 Å². The SMILES string of the molecule is O=C1N[C@@H](Cc2ccc(O)cc2)C(c2ccccc2)(c2ccccc2)O1. The lowest BCUT2D eigenvalue weighted by atomic mass is 9.78. The molecule has 130 valence electrons. The number of carbonyl (C=O) groups excluding carboxylic acids is 1. The van der Waals surface area contributed by atoms with Crippen molar-refractivity contribution in [2.24, 2.45) is 0 Å². The van der Waals surface area contributed by atoms with Gasteiger partial charge in [-0.3, -0.25) is 0 Å². The number of rotatable bonds is 4. The maximum absolute atomic E-state index is 12.3. The topological polar surface area (TPSA) is 58.6 Å². The van der Waals surface area contributed by atoms with E-state index in [1.165, 1.54) is 0 Å². The van der Waals surface area contributed by atoms with Crippen LogP contribution < -0.4 is 5.32 Å². The summed E-state index contributed by atoms with van der Waals surface area (Å²) in [6.07, 6.45) is 0.150. The van der Waals surface area contributed by atoms with E-state index in [2.05, 4.69) is 5.32 Å². The molecule has 1 aliphatic heterocycles. The van der Waals surface area contributed by atoms with Gasteiger partial charge in [-0.15, -0.1) is 0 Å². The Labute approximate surface area is 152 Å². The Morgan fingerprint density at radius 2 is 1.38 bits per heavy atom. The molecule has 4 nitrogen and oxygen atoms in total. The molecule has 1 aliphatic rings. The number of phenolic OH excluding ortho intramolecular Hbond substituents is 1. The van der Waals surface area contributed by atoms with Crippen LogP contribution in [0, 0.1) is 0 Å². The van der Waals surface area contributed by atoms with E-state index >= 15 is 0 Å². The molecular formula is C22H19NO3. The first-order valence-corrected chi connectivity index (χ1v) is 8.57. The van der Waals surface area contributed by atoms with Crippen molar-refractivity contribution in [3.05, 3.63) is 102 Å².